The van der Waals surface area contributed by atoms with Crippen LogP contribution in [0.5, 0.6) is 11.5 Å². The number of hydrogen-bond acceptors (Lipinski definition) is 5. The molecule has 30 heavy (non-hydrogen) atoms. The van der Waals surface area contributed by atoms with Crippen LogP contribution in [0.25, 0.3) is 0 Å². The number of benzene rings is 2. The molecule has 1 saturated heterocycles. The first-order valence-corrected chi connectivity index (χ1v) is 10.5. The van der Waals surface area contributed by atoms with Crippen LogP contribution in [0.15, 0.2) is 72.9 Å². The van der Waals surface area contributed by atoms with E-state index in [9.17, 15) is 0 Å². The van der Waals surface area contributed by atoms with Crippen LogP contribution in [0.3, 0.4) is 0 Å². The fraction of sp³-hybridized carbons (Fsp3) is 0.320. The van der Waals surface area contributed by atoms with Crippen molar-refractivity contribution in [3.8, 4) is 11.5 Å². The third-order valence-electron chi connectivity index (χ3n) is 5.09. The molecule has 0 radical (unpaired) electrons. The van der Waals surface area contributed by atoms with Gasteiger partial charge in [0.05, 0.1) is 12.2 Å². The smallest absolute Gasteiger partial charge is 0.128 e. The van der Waals surface area contributed by atoms with Crippen molar-refractivity contribution in [2.45, 2.75) is 39.1 Å². The quantitative estimate of drug-likeness (QED) is 0.615. The molecule has 1 aliphatic rings. The molecule has 0 amide bonds. The average molecular weight is 404 g/mol. The molecule has 0 aliphatic carbocycles. The largest absolute Gasteiger partial charge is 0.457 e. The molecular weight excluding hydrogens is 374 g/mol. The van der Waals surface area contributed by atoms with Crippen molar-refractivity contribution >= 4 is 5.82 Å². The Kier molecular flexibility index (Phi) is 6.62. The maximum atomic E-state index is 5.92. The number of nitrogens with zero attached hydrogens (tertiary/aromatic N) is 2. The Balaban J connectivity index is 1.29. The normalized spacial score (nSPS) is 18.9. The summed E-state index contributed by atoms with van der Waals surface area (Å²) >= 11 is 0. The van der Waals surface area contributed by atoms with Crippen molar-refractivity contribution in [3.05, 3.63) is 84.1 Å². The topological polar surface area (TPSA) is 46.6 Å². The number of ether oxygens (including phenoxy) is 2. The Morgan fingerprint density at radius 1 is 0.900 bits per heavy atom. The summed E-state index contributed by atoms with van der Waals surface area (Å²) in [5, 5.41) is 3.49. The first-order valence-electron chi connectivity index (χ1n) is 10.5. The highest BCUT2D eigenvalue weighted by Gasteiger charge is 2.22. The predicted molar refractivity (Wildman–Crippen MR) is 120 cm³/mol. The zero-order valence-corrected chi connectivity index (χ0v) is 17.6. The number of anilines is 1. The highest BCUT2D eigenvalue weighted by molar-refractivity contribution is 5.40. The van der Waals surface area contributed by atoms with E-state index in [1.807, 2.05) is 48.7 Å². The van der Waals surface area contributed by atoms with E-state index >= 15 is 0 Å². The second-order valence-corrected chi connectivity index (χ2v) is 7.85. The van der Waals surface area contributed by atoms with Gasteiger partial charge in [0.25, 0.3) is 0 Å². The average Bonchev–Trinajstić information content (AvgIpc) is 2.75. The second kappa shape index (κ2) is 9.74. The SMILES string of the molecule is C[C@H]1CN(c2ccc(CNCc3cccc(Oc4ccccc4)c3)cn2)C[C@H](C)O1. The Labute approximate surface area is 178 Å². The molecule has 0 bridgehead atoms. The number of hydrogen-bond donors (Lipinski definition) is 1. The summed E-state index contributed by atoms with van der Waals surface area (Å²) in [6.45, 7) is 7.54. The highest BCUT2D eigenvalue weighted by atomic mass is 16.5. The van der Waals surface area contributed by atoms with E-state index in [1.165, 1.54) is 11.1 Å². The number of nitrogens with one attached hydrogen (secondary N) is 1. The minimum Gasteiger partial charge on any atom is -0.457 e. The number of aromatic nitrogens is 1. The third-order valence-corrected chi connectivity index (χ3v) is 5.09. The Hall–Kier alpha value is -2.89. The lowest BCUT2D eigenvalue weighted by atomic mass is 10.2. The van der Waals surface area contributed by atoms with Gasteiger partial charge in [-0.15, -0.1) is 0 Å². The number of rotatable bonds is 7. The van der Waals surface area contributed by atoms with Gasteiger partial charge in [0.15, 0.2) is 0 Å². The van der Waals surface area contributed by atoms with E-state index in [2.05, 4.69) is 53.3 Å². The second-order valence-electron chi connectivity index (χ2n) is 7.85. The van der Waals surface area contributed by atoms with Crippen molar-refractivity contribution in [1.29, 1.82) is 0 Å². The molecule has 156 valence electrons. The van der Waals surface area contributed by atoms with Gasteiger partial charge in [-0.05, 0) is 55.3 Å². The van der Waals surface area contributed by atoms with Crippen LogP contribution >= 0.6 is 0 Å². The van der Waals surface area contributed by atoms with E-state index in [0.29, 0.717) is 0 Å². The first kappa shape index (κ1) is 20.4. The number of para-hydroxylation sites is 1. The number of morpholine rings is 1. The molecular formula is C25H29N3O2. The molecule has 2 atom stereocenters. The summed E-state index contributed by atoms with van der Waals surface area (Å²) in [4.78, 5) is 6.97. The molecule has 1 fully saturated rings. The van der Waals surface area contributed by atoms with Crippen LogP contribution < -0.4 is 15.0 Å². The fourth-order valence-electron chi connectivity index (χ4n) is 3.77. The molecule has 1 aliphatic heterocycles. The summed E-state index contributed by atoms with van der Waals surface area (Å²) < 4.78 is 11.7. The van der Waals surface area contributed by atoms with Gasteiger partial charge in [-0.2, -0.15) is 0 Å². The van der Waals surface area contributed by atoms with Crippen LogP contribution in [0, 0.1) is 0 Å². The molecule has 2 heterocycles. The van der Waals surface area contributed by atoms with Crippen LogP contribution in [-0.4, -0.2) is 30.3 Å². The van der Waals surface area contributed by atoms with Crippen LogP contribution in [0.4, 0.5) is 5.82 Å². The maximum Gasteiger partial charge on any atom is 0.128 e. The van der Waals surface area contributed by atoms with Gasteiger partial charge in [-0.3, -0.25) is 0 Å². The Morgan fingerprint density at radius 3 is 2.37 bits per heavy atom. The van der Waals surface area contributed by atoms with E-state index in [0.717, 1.165) is 43.5 Å². The molecule has 5 nitrogen and oxygen atoms in total. The molecule has 1 N–H and O–H groups in total. The summed E-state index contributed by atoms with van der Waals surface area (Å²) in [7, 11) is 0. The van der Waals surface area contributed by atoms with Crippen LogP contribution in [0.1, 0.15) is 25.0 Å². The zero-order chi connectivity index (χ0) is 20.8. The standard InChI is InChI=1S/C25H29N3O2/c1-19-17-28(18-20(2)29-19)25-12-11-22(16-27-25)15-26-14-21-7-6-10-24(13-21)30-23-8-4-3-5-9-23/h3-13,16,19-20,26H,14-15,17-18H2,1-2H3/t19-,20-/m0/s1. The van der Waals surface area contributed by atoms with Gasteiger partial charge in [-0.25, -0.2) is 4.98 Å². The summed E-state index contributed by atoms with van der Waals surface area (Å²) in [5.41, 5.74) is 2.36. The Bertz CT molecular complexity index is 921. The minimum absolute atomic E-state index is 0.235. The van der Waals surface area contributed by atoms with Crippen molar-refractivity contribution < 1.29 is 9.47 Å². The van der Waals surface area contributed by atoms with Gasteiger partial charge in [-0.1, -0.05) is 36.4 Å². The molecule has 3 aromatic rings. The summed E-state index contributed by atoms with van der Waals surface area (Å²) in [6.07, 6.45) is 2.43. The van der Waals surface area contributed by atoms with Crippen molar-refractivity contribution in [2.75, 3.05) is 18.0 Å². The molecule has 2 aromatic carbocycles. The van der Waals surface area contributed by atoms with E-state index in [-0.39, 0.29) is 12.2 Å². The van der Waals surface area contributed by atoms with Gasteiger partial charge in [0.1, 0.15) is 17.3 Å². The van der Waals surface area contributed by atoms with Crippen molar-refractivity contribution in [3.63, 3.8) is 0 Å². The molecule has 0 saturated carbocycles. The predicted octanol–water partition coefficient (Wildman–Crippen LogP) is 4.78. The molecule has 0 spiro atoms. The molecule has 4 rings (SSSR count). The molecule has 1 aromatic heterocycles. The highest BCUT2D eigenvalue weighted by Crippen LogP contribution is 2.22. The lowest BCUT2D eigenvalue weighted by Crippen LogP contribution is -2.45. The molecule has 0 unspecified atom stereocenters. The third kappa shape index (κ3) is 5.59. The van der Waals surface area contributed by atoms with Crippen molar-refractivity contribution in [2.24, 2.45) is 0 Å². The van der Waals surface area contributed by atoms with Crippen LogP contribution in [-0.2, 0) is 17.8 Å². The van der Waals surface area contributed by atoms with E-state index in [4.69, 9.17) is 9.47 Å². The van der Waals surface area contributed by atoms with Gasteiger partial charge in [0, 0.05) is 32.4 Å². The van der Waals surface area contributed by atoms with E-state index < -0.39 is 0 Å². The lowest BCUT2D eigenvalue weighted by Gasteiger charge is -2.36. The zero-order valence-electron chi connectivity index (χ0n) is 17.6. The van der Waals surface area contributed by atoms with Crippen LogP contribution in [0.2, 0.25) is 0 Å². The monoisotopic (exact) mass is 403 g/mol. The number of pyridine rings is 1. The Morgan fingerprint density at radius 2 is 1.63 bits per heavy atom. The van der Waals surface area contributed by atoms with Gasteiger partial charge in [0.2, 0.25) is 0 Å². The minimum atomic E-state index is 0.235. The van der Waals surface area contributed by atoms with Gasteiger partial charge < -0.3 is 19.7 Å². The first-order chi connectivity index (χ1) is 14.7. The summed E-state index contributed by atoms with van der Waals surface area (Å²) in [5.74, 6) is 2.71. The van der Waals surface area contributed by atoms with E-state index in [1.54, 1.807) is 0 Å². The molecule has 5 heteroatoms. The summed E-state index contributed by atoms with van der Waals surface area (Å²) in [6, 6.07) is 22.3. The van der Waals surface area contributed by atoms with Gasteiger partial charge >= 0.3 is 0 Å². The fourth-order valence-corrected chi connectivity index (χ4v) is 3.77. The maximum absolute atomic E-state index is 5.92. The lowest BCUT2D eigenvalue weighted by molar-refractivity contribution is -0.00545. The van der Waals surface area contributed by atoms with Crippen molar-refractivity contribution in [1.82, 2.24) is 10.3 Å².